The molecule has 0 saturated carbocycles. The van der Waals surface area contributed by atoms with Gasteiger partial charge in [0, 0.05) is 32.3 Å². The van der Waals surface area contributed by atoms with E-state index in [4.69, 9.17) is 21.1 Å². The van der Waals surface area contributed by atoms with E-state index in [1.165, 1.54) is 14.0 Å². The van der Waals surface area contributed by atoms with Crippen LogP contribution in [0.5, 0.6) is 0 Å². The first-order chi connectivity index (χ1) is 23.0. The van der Waals surface area contributed by atoms with Crippen LogP contribution < -0.4 is 10.6 Å². The molecule has 1 aliphatic rings. The van der Waals surface area contributed by atoms with Crippen LogP contribution in [0.3, 0.4) is 0 Å². The Balaban J connectivity index is 1.90. The molecule has 1 fully saturated rings. The maximum Gasteiger partial charge on any atom is 0.408 e. The van der Waals surface area contributed by atoms with Crippen molar-refractivity contribution < 1.29 is 38.6 Å². The van der Waals surface area contributed by atoms with E-state index in [0.717, 1.165) is 11.1 Å². The average molecular weight is 701 g/mol. The van der Waals surface area contributed by atoms with E-state index < -0.39 is 53.0 Å². The smallest absolute Gasteiger partial charge is 0.408 e. The highest BCUT2D eigenvalue weighted by Crippen LogP contribution is 2.33. The molecule has 1 heterocycles. The predicted octanol–water partition coefficient (Wildman–Crippen LogP) is 4.08. The number of piperidine rings is 1. The number of nitrogens with zero attached hydrogens (tertiary/aromatic N) is 2. The lowest BCUT2D eigenvalue weighted by molar-refractivity contribution is -0.151. The third kappa shape index (κ3) is 11.7. The zero-order chi connectivity index (χ0) is 36.4. The molecule has 4 atom stereocenters. The standard InChI is InChI=1S/C36H49ClN4O8/c1-24(38-34(47)49-35(2,3)4)31(44)39-29(22-48-6)33(46)40(5)36(21-26-13-15-28(37)16-14-26)17-10-18-41(23-36)32(45)27(20-30(42)43)19-25-11-8-7-9-12-25/h7-9,11-16,24,27,29H,10,17-23H2,1-6H3,(H,38,47)(H,39,44)(H,42,43)/t24?,27?,29?,36-/m1/s1. The van der Waals surface area contributed by atoms with Gasteiger partial charge in [-0.1, -0.05) is 54.1 Å². The van der Waals surface area contributed by atoms with Crippen LogP contribution >= 0.6 is 11.6 Å². The van der Waals surface area contributed by atoms with Gasteiger partial charge in [-0.3, -0.25) is 19.2 Å². The molecule has 12 nitrogen and oxygen atoms in total. The van der Waals surface area contributed by atoms with E-state index in [1.807, 2.05) is 42.5 Å². The number of hydrogen-bond acceptors (Lipinski definition) is 7. The summed E-state index contributed by atoms with van der Waals surface area (Å²) in [6, 6.07) is 14.4. The van der Waals surface area contributed by atoms with Crippen LogP contribution in [0.4, 0.5) is 4.79 Å². The number of carbonyl (C=O) groups excluding carboxylic acids is 4. The van der Waals surface area contributed by atoms with Gasteiger partial charge >= 0.3 is 12.1 Å². The van der Waals surface area contributed by atoms with Gasteiger partial charge in [0.2, 0.25) is 17.7 Å². The molecular formula is C36H49ClN4O8. The maximum atomic E-state index is 14.3. The minimum Gasteiger partial charge on any atom is -0.481 e. The summed E-state index contributed by atoms with van der Waals surface area (Å²) in [6.45, 7) is 6.99. The minimum absolute atomic E-state index is 0.145. The summed E-state index contributed by atoms with van der Waals surface area (Å²) in [4.78, 5) is 68.9. The lowest BCUT2D eigenvalue weighted by Crippen LogP contribution is -2.65. The number of likely N-dealkylation sites (tertiary alicyclic amines) is 1. The summed E-state index contributed by atoms with van der Waals surface area (Å²) in [7, 11) is 3.05. The highest BCUT2D eigenvalue weighted by atomic mass is 35.5. The molecule has 4 amide bonds. The average Bonchev–Trinajstić information content (AvgIpc) is 3.03. The number of ether oxygens (including phenoxy) is 2. The number of hydrogen-bond donors (Lipinski definition) is 3. The monoisotopic (exact) mass is 700 g/mol. The predicted molar refractivity (Wildman–Crippen MR) is 185 cm³/mol. The Morgan fingerprint density at radius 3 is 2.27 bits per heavy atom. The summed E-state index contributed by atoms with van der Waals surface area (Å²) >= 11 is 6.17. The Kier molecular flexibility index (Phi) is 14.0. The topological polar surface area (TPSA) is 155 Å². The van der Waals surface area contributed by atoms with Gasteiger partial charge in [0.15, 0.2) is 0 Å². The van der Waals surface area contributed by atoms with Crippen molar-refractivity contribution in [3.63, 3.8) is 0 Å². The summed E-state index contributed by atoms with van der Waals surface area (Å²) in [5.74, 6) is -3.23. The number of likely N-dealkylation sites (N-methyl/N-ethyl adjacent to an activating group) is 1. The van der Waals surface area contributed by atoms with Gasteiger partial charge in [0.25, 0.3) is 0 Å². The molecule has 2 aromatic rings. The first-order valence-electron chi connectivity index (χ1n) is 16.4. The number of benzene rings is 2. The Bertz CT molecular complexity index is 1450. The number of methoxy groups -OCH3 is 1. The lowest BCUT2D eigenvalue weighted by atomic mass is 9.80. The lowest BCUT2D eigenvalue weighted by Gasteiger charge is -2.49. The zero-order valence-electron chi connectivity index (χ0n) is 29.2. The number of nitrogens with one attached hydrogen (secondary N) is 2. The molecule has 1 saturated heterocycles. The fourth-order valence-corrected chi connectivity index (χ4v) is 6.22. The molecule has 0 bridgehead atoms. The number of aliphatic carboxylic acids is 1. The van der Waals surface area contributed by atoms with E-state index in [-0.39, 0.29) is 31.9 Å². The third-order valence-electron chi connectivity index (χ3n) is 8.53. The second-order valence-corrected chi connectivity index (χ2v) is 14.1. The highest BCUT2D eigenvalue weighted by Gasteiger charge is 2.45. The number of carbonyl (C=O) groups is 5. The number of rotatable bonds is 14. The van der Waals surface area contributed by atoms with Crippen molar-refractivity contribution in [1.82, 2.24) is 20.4 Å². The summed E-state index contributed by atoms with van der Waals surface area (Å²) in [5.41, 5.74) is 0.0521. The van der Waals surface area contributed by atoms with Gasteiger partial charge in [0.05, 0.1) is 24.5 Å². The van der Waals surface area contributed by atoms with Gasteiger partial charge in [0.1, 0.15) is 17.7 Å². The Morgan fingerprint density at radius 1 is 1.02 bits per heavy atom. The molecule has 1 aliphatic heterocycles. The highest BCUT2D eigenvalue weighted by molar-refractivity contribution is 6.30. The van der Waals surface area contributed by atoms with Crippen molar-refractivity contribution in [2.24, 2.45) is 5.92 Å². The quantitative estimate of drug-likeness (QED) is 0.267. The molecule has 0 aliphatic carbocycles. The van der Waals surface area contributed by atoms with E-state index in [2.05, 4.69) is 10.6 Å². The number of carboxylic acids is 1. The van der Waals surface area contributed by atoms with Gasteiger partial charge in [-0.25, -0.2) is 4.79 Å². The van der Waals surface area contributed by atoms with Gasteiger partial charge < -0.3 is 35.0 Å². The van der Waals surface area contributed by atoms with E-state index in [9.17, 15) is 29.1 Å². The van der Waals surface area contributed by atoms with Crippen LogP contribution in [0.1, 0.15) is 58.1 Å². The van der Waals surface area contributed by atoms with E-state index in [1.54, 1.807) is 49.8 Å². The van der Waals surface area contributed by atoms with Gasteiger partial charge in [-0.2, -0.15) is 0 Å². The van der Waals surface area contributed by atoms with Crippen LogP contribution in [-0.4, -0.2) is 102 Å². The first kappa shape index (κ1) is 39.3. The molecular weight excluding hydrogens is 652 g/mol. The molecule has 13 heteroatoms. The Morgan fingerprint density at radius 2 is 1.67 bits per heavy atom. The molecule has 3 N–H and O–H groups in total. The van der Waals surface area contributed by atoms with Crippen LogP contribution in [0, 0.1) is 5.92 Å². The van der Waals surface area contributed by atoms with Crippen LogP contribution in [-0.2, 0) is 41.5 Å². The fraction of sp³-hybridized carbons (Fsp3) is 0.528. The molecule has 3 unspecified atom stereocenters. The summed E-state index contributed by atoms with van der Waals surface area (Å²) in [5, 5.41) is 15.4. The van der Waals surface area contributed by atoms with E-state index >= 15 is 0 Å². The van der Waals surface area contributed by atoms with Crippen LogP contribution in [0.15, 0.2) is 54.6 Å². The molecule has 0 spiro atoms. The normalized spacial score (nSPS) is 18.1. The van der Waals surface area contributed by atoms with Gasteiger partial charge in [-0.05, 0) is 76.6 Å². The first-order valence-corrected chi connectivity index (χ1v) is 16.8. The van der Waals surface area contributed by atoms with E-state index in [0.29, 0.717) is 30.8 Å². The summed E-state index contributed by atoms with van der Waals surface area (Å²) in [6.07, 6.45) is 0.612. The molecule has 0 radical (unpaired) electrons. The molecule has 0 aromatic heterocycles. The largest absolute Gasteiger partial charge is 0.481 e. The van der Waals surface area contributed by atoms with Crippen LogP contribution in [0.2, 0.25) is 5.02 Å². The SMILES string of the molecule is COCC(NC(=O)C(C)NC(=O)OC(C)(C)C)C(=O)N(C)[C@@]1(Cc2ccc(Cl)cc2)CCCN(C(=O)C(CC(=O)O)Cc2ccccc2)C1. The van der Waals surface area contributed by atoms with Crippen molar-refractivity contribution in [3.05, 3.63) is 70.7 Å². The second-order valence-electron chi connectivity index (χ2n) is 13.7. The van der Waals surface area contributed by atoms with Gasteiger partial charge in [-0.15, -0.1) is 0 Å². The maximum absolute atomic E-state index is 14.3. The summed E-state index contributed by atoms with van der Waals surface area (Å²) < 4.78 is 10.6. The van der Waals surface area contributed by atoms with Crippen molar-refractivity contribution in [1.29, 1.82) is 0 Å². The minimum atomic E-state index is -1.11. The molecule has 268 valence electrons. The fourth-order valence-electron chi connectivity index (χ4n) is 6.09. The van der Waals surface area contributed by atoms with Crippen LogP contribution in [0.25, 0.3) is 0 Å². The molecule has 49 heavy (non-hydrogen) atoms. The number of carboxylic acid groups (broad SMARTS) is 1. The third-order valence-corrected chi connectivity index (χ3v) is 8.78. The molecule has 2 aromatic carbocycles. The Labute approximate surface area is 293 Å². The number of alkyl carbamates (subject to hydrolysis) is 1. The van der Waals surface area contributed by atoms with Crippen molar-refractivity contribution in [3.8, 4) is 0 Å². The zero-order valence-corrected chi connectivity index (χ0v) is 29.9. The Hall–Kier alpha value is -4.16. The van der Waals surface area contributed by atoms with Crippen molar-refractivity contribution in [2.45, 2.75) is 83.0 Å². The number of amides is 4. The second kappa shape index (κ2) is 17.5. The molecule has 3 rings (SSSR count). The number of halogens is 1. The van der Waals surface area contributed by atoms with Crippen molar-refractivity contribution in [2.75, 3.05) is 33.9 Å². The van der Waals surface area contributed by atoms with Crippen molar-refractivity contribution >= 4 is 41.4 Å².